The highest BCUT2D eigenvalue weighted by atomic mass is 35.5. The summed E-state index contributed by atoms with van der Waals surface area (Å²) in [5.41, 5.74) is 3.30. The van der Waals surface area contributed by atoms with Crippen molar-refractivity contribution in [3.05, 3.63) is 88.0 Å². The van der Waals surface area contributed by atoms with Gasteiger partial charge in [-0.05, 0) is 66.6 Å². The fourth-order valence-corrected chi connectivity index (χ4v) is 7.20. The Hall–Kier alpha value is -3.66. The van der Waals surface area contributed by atoms with Crippen LogP contribution in [0.1, 0.15) is 46.6 Å². The molecule has 4 heterocycles. The molecule has 4 aromatic rings. The van der Waals surface area contributed by atoms with Crippen LogP contribution in [0.2, 0.25) is 5.02 Å². The molecule has 2 saturated heterocycles. The number of ether oxygens (including phenoxy) is 3. The number of aromatic carboxylic acids is 1. The number of hydrogen-bond donors (Lipinski definition) is 1. The second-order valence-corrected chi connectivity index (χ2v) is 12.4. The molecule has 0 radical (unpaired) electrons. The van der Waals surface area contributed by atoms with Crippen LogP contribution in [0, 0.1) is 17.7 Å². The van der Waals surface area contributed by atoms with Crippen LogP contribution in [0.3, 0.4) is 0 Å². The van der Waals surface area contributed by atoms with Crippen LogP contribution in [0.5, 0.6) is 11.5 Å². The number of halogens is 2. The van der Waals surface area contributed by atoms with E-state index in [-0.39, 0.29) is 11.7 Å². The molecule has 0 bridgehead atoms. The Morgan fingerprint density at radius 3 is 2.67 bits per heavy atom. The molecule has 1 aromatic heterocycles. The van der Waals surface area contributed by atoms with Gasteiger partial charge < -0.3 is 23.9 Å². The molecule has 1 aliphatic carbocycles. The molecule has 42 heavy (non-hydrogen) atoms. The van der Waals surface area contributed by atoms with Crippen molar-refractivity contribution in [3.63, 3.8) is 0 Å². The molecule has 3 aliphatic heterocycles. The fraction of sp³-hybridized carbons (Fsp3) is 0.375. The number of rotatable bonds is 7. The van der Waals surface area contributed by atoms with Crippen molar-refractivity contribution in [1.82, 2.24) is 14.5 Å². The summed E-state index contributed by atoms with van der Waals surface area (Å²) >= 11 is 5.97. The predicted molar refractivity (Wildman–Crippen MR) is 153 cm³/mol. The molecule has 3 aromatic carbocycles. The first-order chi connectivity index (χ1) is 20.3. The molecular formula is C32H29ClFN3O5. The first-order valence-electron chi connectivity index (χ1n) is 14.3. The maximum atomic E-state index is 14.8. The number of fused-ring (bicyclic) bond motifs is 3. The third-order valence-electron chi connectivity index (χ3n) is 9.28. The second-order valence-electron chi connectivity index (χ2n) is 11.9. The van der Waals surface area contributed by atoms with Gasteiger partial charge in [-0.2, -0.15) is 0 Å². The van der Waals surface area contributed by atoms with Crippen molar-refractivity contribution in [2.45, 2.75) is 44.2 Å². The zero-order chi connectivity index (χ0) is 28.7. The summed E-state index contributed by atoms with van der Waals surface area (Å²) in [6, 6.07) is 15.6. The minimum Gasteiger partial charge on any atom is -0.478 e. The number of piperidine rings is 1. The van der Waals surface area contributed by atoms with Gasteiger partial charge in [0, 0.05) is 37.2 Å². The monoisotopic (exact) mass is 589 g/mol. The van der Waals surface area contributed by atoms with Crippen molar-refractivity contribution in [2.75, 3.05) is 19.7 Å². The van der Waals surface area contributed by atoms with Crippen molar-refractivity contribution in [2.24, 2.45) is 11.8 Å². The highest BCUT2D eigenvalue weighted by Crippen LogP contribution is 2.62. The molecule has 1 unspecified atom stereocenters. The van der Waals surface area contributed by atoms with Crippen molar-refractivity contribution >= 4 is 28.6 Å². The van der Waals surface area contributed by atoms with Crippen molar-refractivity contribution in [1.29, 1.82) is 0 Å². The summed E-state index contributed by atoms with van der Waals surface area (Å²) in [5.74, 6) is 0.861. The van der Waals surface area contributed by atoms with Crippen molar-refractivity contribution in [3.8, 4) is 11.5 Å². The summed E-state index contributed by atoms with van der Waals surface area (Å²) in [6.07, 6.45) is 1.12. The number of carboxylic acids is 1. The van der Waals surface area contributed by atoms with Crippen molar-refractivity contribution < 1.29 is 28.5 Å². The summed E-state index contributed by atoms with van der Waals surface area (Å²) in [4.78, 5) is 19.0. The smallest absolute Gasteiger partial charge is 0.335 e. The van der Waals surface area contributed by atoms with Crippen LogP contribution in [0.4, 0.5) is 4.39 Å². The number of carboxylic acid groups (broad SMARTS) is 1. The summed E-state index contributed by atoms with van der Waals surface area (Å²) in [5, 5.41) is 9.85. The average Bonchev–Trinajstić information content (AvgIpc) is 3.21. The molecule has 5 atom stereocenters. The number of carbonyl (C=O) groups is 1. The SMILES string of the molecule is CC1(c2ccc(Cl)cc2F)Oc2cccc([C@H]3[C@@H]4CN(Cc5nc6ccc(C(=O)O)cc6n5C[C@@H]5CCO5)C[C@@H]43)c2O1. The maximum absolute atomic E-state index is 14.8. The van der Waals surface area contributed by atoms with E-state index in [1.54, 1.807) is 37.3 Å². The van der Waals surface area contributed by atoms with Gasteiger partial charge in [-0.25, -0.2) is 14.2 Å². The normalized spacial score (nSPS) is 27.7. The van der Waals surface area contributed by atoms with Gasteiger partial charge in [-0.15, -0.1) is 0 Å². The summed E-state index contributed by atoms with van der Waals surface area (Å²) < 4.78 is 35.2. The molecule has 0 amide bonds. The van der Waals surface area contributed by atoms with E-state index in [0.717, 1.165) is 48.5 Å². The van der Waals surface area contributed by atoms with Gasteiger partial charge in [-0.3, -0.25) is 4.90 Å². The van der Waals surface area contributed by atoms with Gasteiger partial charge in [0.1, 0.15) is 11.6 Å². The van der Waals surface area contributed by atoms with Crippen LogP contribution >= 0.6 is 11.6 Å². The summed E-state index contributed by atoms with van der Waals surface area (Å²) in [7, 11) is 0. The lowest BCUT2D eigenvalue weighted by Gasteiger charge is -2.28. The number of nitrogens with zero attached hydrogens (tertiary/aromatic N) is 3. The molecule has 216 valence electrons. The summed E-state index contributed by atoms with van der Waals surface area (Å²) in [6.45, 7) is 5.69. The van der Waals surface area contributed by atoms with Gasteiger partial charge >= 0.3 is 5.97 Å². The minimum absolute atomic E-state index is 0.125. The second kappa shape index (κ2) is 9.42. The molecule has 8 rings (SSSR count). The van der Waals surface area contributed by atoms with E-state index >= 15 is 0 Å². The van der Waals surface area contributed by atoms with E-state index in [1.807, 2.05) is 12.1 Å². The Morgan fingerprint density at radius 1 is 1.14 bits per heavy atom. The van der Waals surface area contributed by atoms with Gasteiger partial charge in [0.2, 0.25) is 0 Å². The molecule has 1 N–H and O–H groups in total. The Morgan fingerprint density at radius 2 is 1.95 bits per heavy atom. The van der Waals surface area contributed by atoms with Crippen LogP contribution in [0.25, 0.3) is 11.0 Å². The highest BCUT2D eigenvalue weighted by Gasteiger charge is 2.58. The number of para-hydroxylation sites is 1. The number of imidazole rings is 1. The van der Waals surface area contributed by atoms with Crippen LogP contribution in [-0.2, 0) is 23.6 Å². The van der Waals surface area contributed by atoms with Crippen LogP contribution in [-0.4, -0.2) is 51.3 Å². The van der Waals surface area contributed by atoms with Gasteiger partial charge in [0.05, 0.1) is 41.4 Å². The molecular weight excluding hydrogens is 561 g/mol. The average molecular weight is 590 g/mol. The number of aromatic nitrogens is 2. The Bertz CT molecular complexity index is 1740. The van der Waals surface area contributed by atoms with E-state index in [9.17, 15) is 14.3 Å². The predicted octanol–water partition coefficient (Wildman–Crippen LogP) is 5.81. The lowest BCUT2D eigenvalue weighted by molar-refractivity contribution is -0.0710. The van der Waals surface area contributed by atoms with E-state index in [2.05, 4.69) is 15.5 Å². The number of likely N-dealkylation sites (tertiary alicyclic amines) is 1. The van der Waals surface area contributed by atoms with Crippen LogP contribution < -0.4 is 9.47 Å². The molecule has 4 aliphatic rings. The first-order valence-corrected chi connectivity index (χ1v) is 14.7. The first kappa shape index (κ1) is 26.0. The van der Waals surface area contributed by atoms with Gasteiger partial charge in [-0.1, -0.05) is 23.7 Å². The highest BCUT2D eigenvalue weighted by molar-refractivity contribution is 6.30. The topological polar surface area (TPSA) is 86.1 Å². The lowest BCUT2D eigenvalue weighted by Crippen LogP contribution is -2.33. The van der Waals surface area contributed by atoms with E-state index in [0.29, 0.717) is 52.9 Å². The Balaban J connectivity index is 1.01. The molecule has 10 heteroatoms. The zero-order valence-corrected chi connectivity index (χ0v) is 23.7. The van der Waals surface area contributed by atoms with E-state index in [1.165, 1.54) is 6.07 Å². The van der Waals surface area contributed by atoms with Crippen LogP contribution in [0.15, 0.2) is 54.6 Å². The fourth-order valence-electron chi connectivity index (χ4n) is 7.04. The third-order valence-corrected chi connectivity index (χ3v) is 9.51. The molecule has 0 spiro atoms. The van der Waals surface area contributed by atoms with Gasteiger partial charge in [0.25, 0.3) is 5.79 Å². The largest absolute Gasteiger partial charge is 0.478 e. The third kappa shape index (κ3) is 4.17. The Labute approximate surface area is 246 Å². The number of hydrogen-bond acceptors (Lipinski definition) is 6. The quantitative estimate of drug-likeness (QED) is 0.291. The standard InChI is InChI=1S/C32H29ClFN3O5/c1-32(23-7-6-18(33)12-24(23)34)41-27-4-2-3-20(30(27)42-32)29-21-14-36(15-22(21)29)16-28-35-25-8-5-17(31(38)39)11-26(25)37(28)13-19-9-10-40-19/h2-8,11-12,19,21-22,29H,9-10,13-16H2,1H3,(H,38,39)/t19-,21-,22+,29+,32?/m0/s1. The zero-order valence-electron chi connectivity index (χ0n) is 22.9. The number of benzene rings is 3. The molecule has 3 fully saturated rings. The minimum atomic E-state index is -1.27. The van der Waals surface area contributed by atoms with E-state index < -0.39 is 17.6 Å². The van der Waals surface area contributed by atoms with E-state index in [4.69, 9.17) is 30.8 Å². The lowest BCUT2D eigenvalue weighted by atomic mass is 10.0. The Kier molecular flexibility index (Phi) is 5.83. The van der Waals surface area contributed by atoms with Gasteiger partial charge in [0.15, 0.2) is 11.5 Å². The molecule has 1 saturated carbocycles. The maximum Gasteiger partial charge on any atom is 0.335 e. The molecule has 8 nitrogen and oxygen atoms in total.